The Morgan fingerprint density at radius 1 is 0.926 bits per heavy atom. The van der Waals surface area contributed by atoms with Crippen LogP contribution in [0.1, 0.15) is 0 Å². The van der Waals surface area contributed by atoms with Gasteiger partial charge in [-0.25, -0.2) is 9.59 Å². The maximum absolute atomic E-state index is 12.6. The number of H-pyrrole nitrogens is 1. The van der Waals surface area contributed by atoms with E-state index >= 15 is 0 Å². The highest BCUT2D eigenvalue weighted by atomic mass is 16.4. The topological polar surface area (TPSA) is 80.9 Å². The molecule has 6 heteroatoms. The average molecular weight is 355 g/mol. The van der Waals surface area contributed by atoms with Crippen LogP contribution in [0.5, 0.6) is 0 Å². The van der Waals surface area contributed by atoms with E-state index in [1.54, 1.807) is 18.5 Å². The lowest BCUT2D eigenvalue weighted by Gasteiger charge is -2.07. The van der Waals surface area contributed by atoms with Crippen molar-refractivity contribution in [2.75, 3.05) is 0 Å². The van der Waals surface area contributed by atoms with E-state index in [1.807, 2.05) is 54.6 Å². The number of benzene rings is 2. The largest absolute Gasteiger partial charge is 0.421 e. The van der Waals surface area contributed by atoms with Crippen LogP contribution in [0.25, 0.3) is 38.8 Å². The van der Waals surface area contributed by atoms with Crippen LogP contribution in [-0.4, -0.2) is 14.5 Å². The van der Waals surface area contributed by atoms with Gasteiger partial charge in [0.05, 0.1) is 11.2 Å². The fraction of sp³-hybridized carbons (Fsp3) is 0. The Kier molecular flexibility index (Phi) is 3.30. The minimum absolute atomic E-state index is 0.152. The van der Waals surface area contributed by atoms with Crippen LogP contribution in [0.3, 0.4) is 0 Å². The summed E-state index contributed by atoms with van der Waals surface area (Å²) in [7, 11) is 0. The first-order chi connectivity index (χ1) is 13.2. The van der Waals surface area contributed by atoms with Gasteiger partial charge >= 0.3 is 11.3 Å². The average Bonchev–Trinajstić information content (AvgIpc) is 3.07. The van der Waals surface area contributed by atoms with E-state index in [-0.39, 0.29) is 11.2 Å². The Hall–Kier alpha value is -3.93. The van der Waals surface area contributed by atoms with E-state index in [0.717, 1.165) is 11.1 Å². The summed E-state index contributed by atoms with van der Waals surface area (Å²) in [6.45, 7) is 0. The number of pyridine rings is 1. The van der Waals surface area contributed by atoms with E-state index in [2.05, 4.69) is 9.97 Å². The molecule has 0 saturated heterocycles. The Bertz CT molecular complexity index is 1400. The number of nitrogens with zero attached hydrogens (tertiary/aromatic N) is 2. The summed E-state index contributed by atoms with van der Waals surface area (Å²) in [6.07, 6.45) is 3.47. The van der Waals surface area contributed by atoms with Crippen LogP contribution in [0.15, 0.2) is 87.1 Å². The van der Waals surface area contributed by atoms with Gasteiger partial charge in [-0.15, -0.1) is 0 Å². The molecule has 0 radical (unpaired) electrons. The standard InChI is InChI=1S/C21H13N3O3/c25-20-18-19(24(21(26)23-18)15-6-2-1-3-7-15)16-11-13(8-9-17(16)27-20)14-5-4-10-22-12-14/h1-12H,(H,23,26). The lowest BCUT2D eigenvalue weighted by Crippen LogP contribution is -2.14. The van der Waals surface area contributed by atoms with Crippen molar-refractivity contribution in [3.05, 3.63) is 94.0 Å². The molecule has 0 bridgehead atoms. The number of aromatic nitrogens is 3. The van der Waals surface area contributed by atoms with Gasteiger partial charge in [-0.05, 0) is 35.9 Å². The highest BCUT2D eigenvalue weighted by molar-refractivity contribution is 6.03. The number of hydrogen-bond acceptors (Lipinski definition) is 4. The Morgan fingerprint density at radius 3 is 2.56 bits per heavy atom. The lowest BCUT2D eigenvalue weighted by molar-refractivity contribution is 0.568. The minimum Gasteiger partial charge on any atom is -0.421 e. The van der Waals surface area contributed by atoms with Crippen molar-refractivity contribution in [1.82, 2.24) is 14.5 Å². The van der Waals surface area contributed by atoms with E-state index < -0.39 is 5.63 Å². The van der Waals surface area contributed by atoms with Gasteiger partial charge in [0.1, 0.15) is 5.58 Å². The van der Waals surface area contributed by atoms with Gasteiger partial charge in [-0.3, -0.25) is 14.5 Å². The summed E-state index contributed by atoms with van der Waals surface area (Å²) >= 11 is 0. The van der Waals surface area contributed by atoms with Gasteiger partial charge in [-0.2, -0.15) is 0 Å². The number of rotatable bonds is 2. The molecule has 3 heterocycles. The molecule has 2 aromatic carbocycles. The molecule has 5 aromatic rings. The van der Waals surface area contributed by atoms with E-state index in [4.69, 9.17) is 4.42 Å². The molecule has 5 rings (SSSR count). The second-order valence-electron chi connectivity index (χ2n) is 6.17. The summed E-state index contributed by atoms with van der Waals surface area (Å²) in [5.41, 5.74) is 2.64. The summed E-state index contributed by atoms with van der Waals surface area (Å²) in [5, 5.41) is 0.674. The Morgan fingerprint density at radius 2 is 1.78 bits per heavy atom. The predicted molar refractivity (Wildman–Crippen MR) is 103 cm³/mol. The third-order valence-electron chi connectivity index (χ3n) is 4.55. The molecular formula is C21H13N3O3. The second kappa shape index (κ2) is 5.81. The molecule has 0 aliphatic heterocycles. The summed E-state index contributed by atoms with van der Waals surface area (Å²) in [6, 6.07) is 18.5. The van der Waals surface area contributed by atoms with Crippen molar-refractivity contribution in [3.8, 4) is 16.8 Å². The molecule has 27 heavy (non-hydrogen) atoms. The maximum atomic E-state index is 12.6. The van der Waals surface area contributed by atoms with Gasteiger partial charge in [0.25, 0.3) is 0 Å². The fourth-order valence-corrected chi connectivity index (χ4v) is 3.33. The summed E-state index contributed by atoms with van der Waals surface area (Å²) in [4.78, 5) is 31.8. The van der Waals surface area contributed by atoms with Gasteiger partial charge in [0.15, 0.2) is 5.52 Å². The molecule has 6 nitrogen and oxygen atoms in total. The molecule has 0 aliphatic carbocycles. The minimum atomic E-state index is -0.571. The smallest absolute Gasteiger partial charge is 0.362 e. The van der Waals surface area contributed by atoms with Crippen LogP contribution in [0.2, 0.25) is 0 Å². The van der Waals surface area contributed by atoms with Crippen LogP contribution in [-0.2, 0) is 0 Å². The van der Waals surface area contributed by atoms with Crippen molar-refractivity contribution in [3.63, 3.8) is 0 Å². The van der Waals surface area contributed by atoms with Crippen molar-refractivity contribution in [1.29, 1.82) is 0 Å². The molecule has 0 aliphatic rings. The van der Waals surface area contributed by atoms with Gasteiger partial charge in [-0.1, -0.05) is 30.3 Å². The molecule has 0 amide bonds. The predicted octanol–water partition coefficient (Wildman–Crippen LogP) is 3.49. The van der Waals surface area contributed by atoms with E-state index in [9.17, 15) is 9.59 Å². The van der Waals surface area contributed by atoms with Crippen molar-refractivity contribution in [2.24, 2.45) is 0 Å². The maximum Gasteiger partial charge on any atom is 0.362 e. The summed E-state index contributed by atoms with van der Waals surface area (Å²) in [5.74, 6) is 0. The fourth-order valence-electron chi connectivity index (χ4n) is 3.33. The molecular weight excluding hydrogens is 342 g/mol. The van der Waals surface area contributed by atoms with Crippen molar-refractivity contribution >= 4 is 22.0 Å². The quantitative estimate of drug-likeness (QED) is 0.492. The number of nitrogens with one attached hydrogen (secondary N) is 1. The number of hydrogen-bond donors (Lipinski definition) is 1. The lowest BCUT2D eigenvalue weighted by atomic mass is 10.0. The Labute approximate surface area is 152 Å². The molecule has 1 N–H and O–H groups in total. The van der Waals surface area contributed by atoms with Crippen molar-refractivity contribution < 1.29 is 4.42 Å². The third kappa shape index (κ3) is 2.38. The first-order valence-corrected chi connectivity index (χ1v) is 8.40. The van der Waals surface area contributed by atoms with Gasteiger partial charge in [0.2, 0.25) is 0 Å². The normalized spacial score (nSPS) is 11.3. The molecule has 0 atom stereocenters. The zero-order valence-corrected chi connectivity index (χ0v) is 14.0. The molecule has 0 spiro atoms. The van der Waals surface area contributed by atoms with E-state index in [0.29, 0.717) is 22.2 Å². The zero-order chi connectivity index (χ0) is 18.4. The third-order valence-corrected chi connectivity index (χ3v) is 4.55. The van der Waals surface area contributed by atoms with Crippen LogP contribution < -0.4 is 11.3 Å². The number of para-hydroxylation sites is 1. The van der Waals surface area contributed by atoms with Crippen LogP contribution >= 0.6 is 0 Å². The molecule has 3 aromatic heterocycles. The van der Waals surface area contributed by atoms with Crippen molar-refractivity contribution in [2.45, 2.75) is 0 Å². The number of aromatic amines is 1. The zero-order valence-electron chi connectivity index (χ0n) is 14.0. The second-order valence-corrected chi connectivity index (χ2v) is 6.17. The first kappa shape index (κ1) is 15.3. The monoisotopic (exact) mass is 355 g/mol. The molecule has 0 fully saturated rings. The van der Waals surface area contributed by atoms with Gasteiger partial charge in [0, 0.05) is 23.3 Å². The number of imidazole rings is 1. The number of fused-ring (bicyclic) bond motifs is 3. The van der Waals surface area contributed by atoms with Gasteiger partial charge < -0.3 is 4.42 Å². The van der Waals surface area contributed by atoms with Crippen LogP contribution in [0, 0.1) is 0 Å². The van der Waals surface area contributed by atoms with Crippen LogP contribution in [0.4, 0.5) is 0 Å². The van der Waals surface area contributed by atoms with E-state index in [1.165, 1.54) is 4.57 Å². The molecule has 130 valence electrons. The summed E-state index contributed by atoms with van der Waals surface area (Å²) < 4.78 is 6.92. The molecule has 0 saturated carbocycles. The first-order valence-electron chi connectivity index (χ1n) is 8.40. The SMILES string of the molecule is O=c1oc2ccc(-c3cccnc3)cc2c2c1[nH]c(=O)n2-c1ccccc1. The highest BCUT2D eigenvalue weighted by Crippen LogP contribution is 2.28. The highest BCUT2D eigenvalue weighted by Gasteiger charge is 2.17. The Balaban J connectivity index is 1.93. The molecule has 0 unspecified atom stereocenters.